The number of carbonyl (C=O) groups is 1. The van der Waals surface area contributed by atoms with E-state index in [0.29, 0.717) is 25.7 Å². The Labute approximate surface area is 90.3 Å². The summed E-state index contributed by atoms with van der Waals surface area (Å²) in [6, 6.07) is 0. The van der Waals surface area contributed by atoms with Crippen LogP contribution in [-0.4, -0.2) is 32.8 Å². The Morgan fingerprint density at radius 2 is 2.27 bits per heavy atom. The Morgan fingerprint density at radius 3 is 2.93 bits per heavy atom. The quantitative estimate of drug-likeness (QED) is 0.486. The lowest BCUT2D eigenvalue weighted by atomic mass is 9.96. The van der Waals surface area contributed by atoms with Crippen molar-refractivity contribution < 1.29 is 14.4 Å². The van der Waals surface area contributed by atoms with Crippen molar-refractivity contribution in [2.75, 3.05) is 26.9 Å². The molecule has 1 fully saturated rings. The second-order valence-corrected chi connectivity index (χ2v) is 3.84. The molecule has 0 heterocycles. The average Bonchev–Trinajstić information content (AvgIpc) is 2.72. The summed E-state index contributed by atoms with van der Waals surface area (Å²) in [5, 5.41) is 0. The van der Waals surface area contributed by atoms with E-state index >= 15 is 0 Å². The van der Waals surface area contributed by atoms with Crippen LogP contribution < -0.4 is 11.2 Å². The Morgan fingerprint density at radius 1 is 1.47 bits per heavy atom. The lowest BCUT2D eigenvalue weighted by molar-refractivity contribution is -0.139. The van der Waals surface area contributed by atoms with Gasteiger partial charge in [-0.25, -0.2) is 5.48 Å². The summed E-state index contributed by atoms with van der Waals surface area (Å²) in [5.41, 5.74) is 8.05. The lowest BCUT2D eigenvalue weighted by Crippen LogP contribution is -2.35. The van der Waals surface area contributed by atoms with E-state index in [1.807, 2.05) is 0 Å². The Hall–Kier alpha value is -0.650. The number of carbonyl (C=O) groups excluding carboxylic acids is 1. The van der Waals surface area contributed by atoms with Crippen molar-refractivity contribution in [3.63, 3.8) is 0 Å². The van der Waals surface area contributed by atoms with Crippen molar-refractivity contribution in [3.05, 3.63) is 0 Å². The van der Waals surface area contributed by atoms with Gasteiger partial charge in [0.25, 0.3) is 0 Å². The van der Waals surface area contributed by atoms with Crippen LogP contribution in [0.5, 0.6) is 0 Å². The van der Waals surface area contributed by atoms with E-state index in [-0.39, 0.29) is 11.8 Å². The van der Waals surface area contributed by atoms with Crippen LogP contribution in [0.3, 0.4) is 0 Å². The van der Waals surface area contributed by atoms with E-state index in [0.717, 1.165) is 19.3 Å². The van der Waals surface area contributed by atoms with Crippen molar-refractivity contribution >= 4 is 5.91 Å². The Bertz CT molecular complexity index is 199. The first-order valence-corrected chi connectivity index (χ1v) is 5.40. The molecule has 1 aliphatic carbocycles. The maximum absolute atomic E-state index is 11.6. The molecule has 0 aromatic heterocycles. The molecule has 15 heavy (non-hydrogen) atoms. The number of hydroxylamine groups is 1. The molecular formula is C10H20N2O3. The average molecular weight is 216 g/mol. The smallest absolute Gasteiger partial charge is 0.246 e. The topological polar surface area (TPSA) is 73.6 Å². The van der Waals surface area contributed by atoms with E-state index in [1.54, 1.807) is 7.11 Å². The van der Waals surface area contributed by atoms with Gasteiger partial charge in [-0.1, -0.05) is 6.42 Å². The van der Waals surface area contributed by atoms with E-state index in [2.05, 4.69) is 5.48 Å². The molecule has 1 amide bonds. The zero-order valence-corrected chi connectivity index (χ0v) is 9.20. The molecule has 1 aliphatic rings. The van der Waals surface area contributed by atoms with Crippen molar-refractivity contribution in [2.24, 2.45) is 17.6 Å². The van der Waals surface area contributed by atoms with Crippen molar-refractivity contribution in [2.45, 2.75) is 19.3 Å². The minimum absolute atomic E-state index is 0.0255. The van der Waals surface area contributed by atoms with Crippen LogP contribution in [0.25, 0.3) is 0 Å². The van der Waals surface area contributed by atoms with Crippen molar-refractivity contribution in [3.8, 4) is 0 Å². The number of rotatable bonds is 6. The molecule has 0 bridgehead atoms. The third-order valence-corrected chi connectivity index (χ3v) is 2.86. The van der Waals surface area contributed by atoms with Gasteiger partial charge in [0.15, 0.2) is 0 Å². The molecule has 1 saturated carbocycles. The molecule has 5 heteroatoms. The van der Waals surface area contributed by atoms with Crippen LogP contribution in [0.1, 0.15) is 19.3 Å². The highest BCUT2D eigenvalue weighted by Gasteiger charge is 2.31. The summed E-state index contributed by atoms with van der Waals surface area (Å²) < 4.78 is 4.80. The van der Waals surface area contributed by atoms with Gasteiger partial charge in [-0.15, -0.1) is 0 Å². The number of amides is 1. The van der Waals surface area contributed by atoms with Gasteiger partial charge in [0, 0.05) is 13.0 Å². The molecule has 5 nitrogen and oxygen atoms in total. The zero-order valence-electron chi connectivity index (χ0n) is 9.20. The fourth-order valence-electron chi connectivity index (χ4n) is 1.99. The molecule has 0 saturated heterocycles. The monoisotopic (exact) mass is 216 g/mol. The van der Waals surface area contributed by atoms with Crippen LogP contribution >= 0.6 is 0 Å². The minimum Gasteiger partial charge on any atom is -0.382 e. The number of nitrogens with one attached hydrogen (secondary N) is 1. The van der Waals surface area contributed by atoms with E-state index < -0.39 is 0 Å². The summed E-state index contributed by atoms with van der Waals surface area (Å²) in [6.45, 7) is 1.43. The summed E-state index contributed by atoms with van der Waals surface area (Å²) >= 11 is 0. The Balaban J connectivity index is 2.21. The first-order chi connectivity index (χ1) is 7.29. The summed E-state index contributed by atoms with van der Waals surface area (Å²) in [7, 11) is 1.59. The normalized spacial score (nSPS) is 25.5. The maximum Gasteiger partial charge on any atom is 0.246 e. The molecule has 0 aromatic carbocycles. The first kappa shape index (κ1) is 12.4. The van der Waals surface area contributed by atoms with Gasteiger partial charge in [-0.05, 0) is 25.3 Å². The number of nitrogens with two attached hydrogens (primary N) is 1. The van der Waals surface area contributed by atoms with Crippen LogP contribution in [0.15, 0.2) is 0 Å². The number of hydrogen-bond donors (Lipinski definition) is 2. The highest BCUT2D eigenvalue weighted by molar-refractivity contribution is 5.78. The lowest BCUT2D eigenvalue weighted by Gasteiger charge is -2.16. The largest absolute Gasteiger partial charge is 0.382 e. The highest BCUT2D eigenvalue weighted by Crippen LogP contribution is 2.30. The molecule has 2 unspecified atom stereocenters. The molecular weight excluding hydrogens is 196 g/mol. The molecule has 2 atom stereocenters. The number of ether oxygens (including phenoxy) is 1. The molecule has 0 spiro atoms. The van der Waals surface area contributed by atoms with Crippen molar-refractivity contribution in [1.82, 2.24) is 5.48 Å². The predicted molar refractivity (Wildman–Crippen MR) is 55.9 cm³/mol. The third-order valence-electron chi connectivity index (χ3n) is 2.86. The summed E-state index contributed by atoms with van der Waals surface area (Å²) in [6.07, 6.45) is 3.05. The van der Waals surface area contributed by atoms with E-state index in [1.165, 1.54) is 0 Å². The molecule has 88 valence electrons. The molecule has 0 aromatic rings. The second kappa shape index (κ2) is 6.76. The third kappa shape index (κ3) is 3.77. The van der Waals surface area contributed by atoms with Crippen molar-refractivity contribution in [1.29, 1.82) is 0 Å². The second-order valence-electron chi connectivity index (χ2n) is 3.84. The molecule has 3 N–H and O–H groups in total. The molecule has 1 rings (SSSR count). The fraction of sp³-hybridized carbons (Fsp3) is 0.900. The molecule has 0 radical (unpaired) electrons. The minimum atomic E-state index is -0.0425. The Kier molecular flexibility index (Phi) is 5.60. The van der Waals surface area contributed by atoms with Crippen LogP contribution in [0, 0.1) is 11.8 Å². The first-order valence-electron chi connectivity index (χ1n) is 5.40. The van der Waals surface area contributed by atoms with Gasteiger partial charge < -0.3 is 10.5 Å². The van der Waals surface area contributed by atoms with E-state index in [4.69, 9.17) is 15.3 Å². The van der Waals surface area contributed by atoms with E-state index in [9.17, 15) is 4.79 Å². The van der Waals surface area contributed by atoms with Crippen LogP contribution in [0.4, 0.5) is 0 Å². The highest BCUT2D eigenvalue weighted by atomic mass is 16.7. The van der Waals surface area contributed by atoms with Gasteiger partial charge in [0.05, 0.1) is 13.2 Å². The number of methoxy groups -OCH3 is 1. The zero-order chi connectivity index (χ0) is 11.1. The van der Waals surface area contributed by atoms with Gasteiger partial charge in [-0.2, -0.15) is 0 Å². The molecule has 0 aliphatic heterocycles. The maximum atomic E-state index is 11.6. The summed E-state index contributed by atoms with van der Waals surface area (Å²) in [5.74, 6) is 0.299. The fourth-order valence-corrected chi connectivity index (χ4v) is 1.99. The van der Waals surface area contributed by atoms with Crippen LogP contribution in [0.2, 0.25) is 0 Å². The van der Waals surface area contributed by atoms with Crippen LogP contribution in [-0.2, 0) is 14.4 Å². The standard InChI is InChI=1S/C10H20N2O3/c1-14-5-6-15-12-10(13)9-4-2-3-8(9)7-11/h8-9H,2-7,11H2,1H3,(H,12,13). The summed E-state index contributed by atoms with van der Waals surface area (Å²) in [4.78, 5) is 16.6. The SMILES string of the molecule is COCCONC(=O)C1CCCC1CN. The van der Waals surface area contributed by atoms with Gasteiger partial charge in [0.1, 0.15) is 0 Å². The number of hydrogen-bond acceptors (Lipinski definition) is 4. The van der Waals surface area contributed by atoms with Gasteiger partial charge in [0.2, 0.25) is 5.91 Å². The van der Waals surface area contributed by atoms with Gasteiger partial charge in [-0.3, -0.25) is 9.63 Å². The van der Waals surface area contributed by atoms with Gasteiger partial charge >= 0.3 is 0 Å². The predicted octanol–water partition coefficient (Wildman–Crippen LogP) is 0.0556.